The number of hydrogen-bond donors (Lipinski definition) is 1. The second-order valence-electron chi connectivity index (χ2n) is 4.52. The zero-order chi connectivity index (χ0) is 15.0. The van der Waals surface area contributed by atoms with Crippen LogP contribution in [0.3, 0.4) is 0 Å². The van der Waals surface area contributed by atoms with Gasteiger partial charge in [-0.1, -0.05) is 0 Å². The number of ketones is 2. The molecule has 0 radical (unpaired) electrons. The fourth-order valence-corrected chi connectivity index (χ4v) is 3.80. The summed E-state index contributed by atoms with van der Waals surface area (Å²) in [5.41, 5.74) is 1.28. The SMILES string of the molecule is COc1ccc(NC2=CC(=O)c3[se]c(C)nc3C2=O)cc1. The van der Waals surface area contributed by atoms with Gasteiger partial charge in [0.1, 0.15) is 0 Å². The minimum absolute atomic E-state index is 0.121. The van der Waals surface area contributed by atoms with Crippen molar-refractivity contribution in [1.29, 1.82) is 0 Å². The van der Waals surface area contributed by atoms with Crippen LogP contribution in [0.2, 0.25) is 0 Å². The maximum absolute atomic E-state index is 12.4. The van der Waals surface area contributed by atoms with Gasteiger partial charge in [0.15, 0.2) is 0 Å². The summed E-state index contributed by atoms with van der Waals surface area (Å²) in [7, 11) is 1.59. The third-order valence-electron chi connectivity index (χ3n) is 3.06. The number of fused-ring (bicyclic) bond motifs is 1. The topological polar surface area (TPSA) is 68.3 Å². The van der Waals surface area contributed by atoms with Crippen molar-refractivity contribution in [3.63, 3.8) is 0 Å². The second kappa shape index (κ2) is 5.31. The molecule has 1 N–H and O–H groups in total. The van der Waals surface area contributed by atoms with Gasteiger partial charge in [0.2, 0.25) is 0 Å². The number of allylic oxidation sites excluding steroid dienone is 2. The fourth-order valence-electron chi connectivity index (χ4n) is 2.06. The molecule has 21 heavy (non-hydrogen) atoms. The Morgan fingerprint density at radius 2 is 1.90 bits per heavy atom. The molecular formula is C15H12N2O3Se. The van der Waals surface area contributed by atoms with Crippen molar-refractivity contribution in [1.82, 2.24) is 4.98 Å². The zero-order valence-corrected chi connectivity index (χ0v) is 13.2. The number of aromatic nitrogens is 1. The molecule has 6 heteroatoms. The molecule has 0 saturated heterocycles. The Morgan fingerprint density at radius 3 is 2.57 bits per heavy atom. The van der Waals surface area contributed by atoms with Crippen molar-refractivity contribution < 1.29 is 14.3 Å². The Bertz CT molecular complexity index is 760. The Kier molecular flexibility index (Phi) is 3.49. The Labute approximate surface area is 127 Å². The average Bonchev–Trinajstić information content (AvgIpc) is 2.88. The van der Waals surface area contributed by atoms with Gasteiger partial charge in [-0.25, -0.2) is 0 Å². The number of benzene rings is 1. The van der Waals surface area contributed by atoms with Crippen molar-refractivity contribution in [3.8, 4) is 5.75 Å². The molecule has 1 heterocycles. The zero-order valence-electron chi connectivity index (χ0n) is 11.5. The molecule has 3 rings (SSSR count). The standard InChI is InChI=1S/C15H12N2O3Se/c1-8-16-13-14(19)11(7-12(18)15(13)21-8)17-9-3-5-10(20-2)6-4-9/h3-7,17H,1-2H3. The summed E-state index contributed by atoms with van der Waals surface area (Å²) in [4.78, 5) is 28.6. The van der Waals surface area contributed by atoms with E-state index in [1.165, 1.54) is 6.08 Å². The molecule has 1 aliphatic carbocycles. The van der Waals surface area contributed by atoms with E-state index in [9.17, 15) is 9.59 Å². The summed E-state index contributed by atoms with van der Waals surface area (Å²) in [5, 5.41) is 2.98. The van der Waals surface area contributed by atoms with Crippen LogP contribution in [0.4, 0.5) is 5.69 Å². The van der Waals surface area contributed by atoms with Crippen molar-refractivity contribution in [2.75, 3.05) is 12.4 Å². The van der Waals surface area contributed by atoms with Crippen molar-refractivity contribution in [2.24, 2.45) is 0 Å². The molecule has 106 valence electrons. The van der Waals surface area contributed by atoms with E-state index in [2.05, 4.69) is 10.3 Å². The molecule has 1 aromatic carbocycles. The number of ether oxygens (including phenoxy) is 1. The Balaban J connectivity index is 1.89. The van der Waals surface area contributed by atoms with Crippen LogP contribution in [0.25, 0.3) is 0 Å². The number of Topliss-reactive ketones (excluding diaryl/α,β-unsaturated/α-hetero) is 1. The molecule has 0 unspecified atom stereocenters. The van der Waals surface area contributed by atoms with Crippen LogP contribution in [0.1, 0.15) is 24.3 Å². The quantitative estimate of drug-likeness (QED) is 0.858. The first kappa shape index (κ1) is 13.8. The number of carbonyl (C=O) groups is 2. The van der Waals surface area contributed by atoms with Crippen LogP contribution in [0.5, 0.6) is 5.75 Å². The van der Waals surface area contributed by atoms with Crippen LogP contribution >= 0.6 is 0 Å². The normalized spacial score (nSPS) is 13.7. The fraction of sp³-hybridized carbons (Fsp3) is 0.133. The molecule has 0 bridgehead atoms. The third-order valence-corrected chi connectivity index (χ3v) is 5.13. The summed E-state index contributed by atoms with van der Waals surface area (Å²) >= 11 is -0.121. The van der Waals surface area contributed by atoms with E-state index in [1.807, 2.05) is 6.92 Å². The van der Waals surface area contributed by atoms with Crippen LogP contribution in [0, 0.1) is 6.92 Å². The number of nitrogens with zero attached hydrogens (tertiary/aromatic N) is 1. The summed E-state index contributed by atoms with van der Waals surface area (Å²) in [6, 6.07) is 7.14. The Hall–Kier alpha value is -2.17. The van der Waals surface area contributed by atoms with E-state index in [-0.39, 0.29) is 31.8 Å². The van der Waals surface area contributed by atoms with Crippen molar-refractivity contribution >= 4 is 31.8 Å². The number of aryl methyl sites for hydroxylation is 1. The van der Waals surface area contributed by atoms with Gasteiger partial charge in [-0.2, -0.15) is 0 Å². The van der Waals surface area contributed by atoms with Gasteiger partial charge in [-0.3, -0.25) is 0 Å². The minimum atomic E-state index is -0.223. The monoisotopic (exact) mass is 348 g/mol. The number of nitrogens with one attached hydrogen (secondary N) is 1. The molecule has 0 atom stereocenters. The predicted octanol–water partition coefficient (Wildman–Crippen LogP) is 1.83. The van der Waals surface area contributed by atoms with Crippen molar-refractivity contribution in [2.45, 2.75) is 6.92 Å². The Morgan fingerprint density at radius 1 is 1.19 bits per heavy atom. The first-order valence-electron chi connectivity index (χ1n) is 6.27. The molecule has 0 saturated carbocycles. The van der Waals surface area contributed by atoms with E-state index >= 15 is 0 Å². The molecule has 1 aliphatic rings. The molecule has 5 nitrogen and oxygen atoms in total. The summed E-state index contributed by atoms with van der Waals surface area (Å²) in [6.07, 6.45) is 1.36. The molecule has 0 spiro atoms. The van der Waals surface area contributed by atoms with Crippen LogP contribution in [-0.4, -0.2) is 38.2 Å². The van der Waals surface area contributed by atoms with Gasteiger partial charge in [0.05, 0.1) is 0 Å². The predicted molar refractivity (Wildman–Crippen MR) is 79.3 cm³/mol. The molecule has 0 aliphatic heterocycles. The van der Waals surface area contributed by atoms with Gasteiger partial charge in [0, 0.05) is 0 Å². The number of hydrogen-bond acceptors (Lipinski definition) is 5. The van der Waals surface area contributed by atoms with E-state index in [4.69, 9.17) is 4.74 Å². The number of methoxy groups -OCH3 is 1. The summed E-state index contributed by atoms with van der Waals surface area (Å²) in [6.45, 7) is 1.84. The summed E-state index contributed by atoms with van der Waals surface area (Å²) in [5.74, 6) is 0.379. The first-order valence-corrected chi connectivity index (χ1v) is 7.99. The van der Waals surface area contributed by atoms with E-state index in [0.29, 0.717) is 10.1 Å². The van der Waals surface area contributed by atoms with Gasteiger partial charge < -0.3 is 0 Å². The third kappa shape index (κ3) is 2.55. The summed E-state index contributed by atoms with van der Waals surface area (Å²) < 4.78 is 6.49. The molecule has 0 amide bonds. The molecule has 2 aromatic rings. The average molecular weight is 347 g/mol. The number of rotatable bonds is 3. The van der Waals surface area contributed by atoms with E-state index < -0.39 is 0 Å². The molecule has 1 aromatic heterocycles. The van der Waals surface area contributed by atoms with E-state index in [1.54, 1.807) is 31.4 Å². The van der Waals surface area contributed by atoms with Crippen LogP contribution in [-0.2, 0) is 0 Å². The first-order chi connectivity index (χ1) is 10.1. The molecular weight excluding hydrogens is 335 g/mol. The van der Waals surface area contributed by atoms with Gasteiger partial charge in [0.25, 0.3) is 0 Å². The van der Waals surface area contributed by atoms with Gasteiger partial charge >= 0.3 is 127 Å². The second-order valence-corrected chi connectivity index (χ2v) is 7.04. The molecule has 0 fully saturated rings. The van der Waals surface area contributed by atoms with Crippen LogP contribution < -0.4 is 10.1 Å². The van der Waals surface area contributed by atoms with Crippen molar-refractivity contribution in [3.05, 3.63) is 50.7 Å². The van der Waals surface area contributed by atoms with Gasteiger partial charge in [-0.05, 0) is 0 Å². The maximum atomic E-state index is 12.4. The van der Waals surface area contributed by atoms with Crippen LogP contribution in [0.15, 0.2) is 36.0 Å². The number of carbonyl (C=O) groups excluding carboxylic acids is 2. The van der Waals surface area contributed by atoms with E-state index in [0.717, 1.165) is 16.0 Å². The number of anilines is 1. The van der Waals surface area contributed by atoms with Gasteiger partial charge in [-0.15, -0.1) is 0 Å².